The van der Waals surface area contributed by atoms with E-state index in [2.05, 4.69) is 19.6 Å². The molecule has 1 N–H and O–H groups in total. The van der Waals surface area contributed by atoms with Crippen LogP contribution in [0.5, 0.6) is 0 Å². The lowest BCUT2D eigenvalue weighted by Crippen LogP contribution is -2.38. The highest BCUT2D eigenvalue weighted by molar-refractivity contribution is 5.11. The van der Waals surface area contributed by atoms with Crippen LogP contribution in [-0.2, 0) is 0 Å². The fourth-order valence-corrected chi connectivity index (χ4v) is 0.844. The van der Waals surface area contributed by atoms with E-state index < -0.39 is 5.60 Å². The summed E-state index contributed by atoms with van der Waals surface area (Å²) in [5, 5.41) is 9.91. The molecule has 0 amide bonds. The largest absolute Gasteiger partial charge is 0.385 e. The van der Waals surface area contributed by atoms with Gasteiger partial charge < -0.3 is 5.11 Å². The molecule has 0 radical (unpaired) electrons. The summed E-state index contributed by atoms with van der Waals surface area (Å²) < 4.78 is 0. The standard InChI is InChI=1S/C11H20O/c1-6-8-9-10(3,4)11(5,12)7-2/h7-9,12H,2,6H2,1,3-5H3/b9-8-. The molecule has 1 nitrogen and oxygen atoms in total. The van der Waals surface area contributed by atoms with E-state index in [1.807, 2.05) is 19.9 Å². The van der Waals surface area contributed by atoms with Crippen LogP contribution in [-0.4, -0.2) is 10.7 Å². The SMILES string of the molecule is C=CC(C)(O)C(C)(C)/C=C\CC. The summed E-state index contributed by atoms with van der Waals surface area (Å²) in [6, 6.07) is 0. The summed E-state index contributed by atoms with van der Waals surface area (Å²) in [6.45, 7) is 11.5. The Morgan fingerprint density at radius 3 is 2.17 bits per heavy atom. The van der Waals surface area contributed by atoms with Gasteiger partial charge in [-0.05, 0) is 13.3 Å². The molecule has 0 fully saturated rings. The quantitative estimate of drug-likeness (QED) is 0.640. The Morgan fingerprint density at radius 2 is 1.83 bits per heavy atom. The molecule has 1 atom stereocenters. The van der Waals surface area contributed by atoms with E-state index in [1.165, 1.54) is 0 Å². The molecule has 0 spiro atoms. The molecule has 0 aliphatic heterocycles. The summed E-state index contributed by atoms with van der Waals surface area (Å²) in [4.78, 5) is 0. The molecule has 1 heteroatoms. The minimum Gasteiger partial charge on any atom is -0.385 e. The van der Waals surface area contributed by atoms with Crippen molar-refractivity contribution in [2.45, 2.75) is 39.7 Å². The van der Waals surface area contributed by atoms with E-state index in [0.29, 0.717) is 0 Å². The lowest BCUT2D eigenvalue weighted by Gasteiger charge is -2.35. The van der Waals surface area contributed by atoms with Crippen molar-refractivity contribution in [1.29, 1.82) is 0 Å². The second-order valence-electron chi connectivity index (χ2n) is 3.88. The number of allylic oxidation sites excluding steroid dienone is 1. The van der Waals surface area contributed by atoms with Crippen molar-refractivity contribution >= 4 is 0 Å². The van der Waals surface area contributed by atoms with Crippen LogP contribution < -0.4 is 0 Å². The molecule has 0 rings (SSSR count). The highest BCUT2D eigenvalue weighted by Gasteiger charge is 2.33. The van der Waals surface area contributed by atoms with Gasteiger partial charge in [-0.15, -0.1) is 6.58 Å². The van der Waals surface area contributed by atoms with Gasteiger partial charge in [0.2, 0.25) is 0 Å². The number of hydrogen-bond acceptors (Lipinski definition) is 1. The zero-order chi connectivity index (χ0) is 9.83. The van der Waals surface area contributed by atoms with Crippen molar-refractivity contribution in [2.75, 3.05) is 0 Å². The molecule has 0 saturated heterocycles. The number of hydrogen-bond donors (Lipinski definition) is 1. The van der Waals surface area contributed by atoms with Gasteiger partial charge in [0.05, 0.1) is 5.60 Å². The fraction of sp³-hybridized carbons (Fsp3) is 0.636. The third-order valence-electron chi connectivity index (χ3n) is 2.47. The number of rotatable bonds is 4. The van der Waals surface area contributed by atoms with Crippen LogP contribution in [0.25, 0.3) is 0 Å². The Labute approximate surface area is 75.8 Å². The smallest absolute Gasteiger partial charge is 0.0881 e. The zero-order valence-electron chi connectivity index (χ0n) is 8.59. The van der Waals surface area contributed by atoms with Gasteiger partial charge in [0.1, 0.15) is 0 Å². The predicted octanol–water partition coefficient (Wildman–Crippen LogP) is 2.92. The minimum atomic E-state index is -0.835. The minimum absolute atomic E-state index is 0.245. The van der Waals surface area contributed by atoms with Crippen molar-refractivity contribution in [2.24, 2.45) is 5.41 Å². The predicted molar refractivity (Wildman–Crippen MR) is 54.0 cm³/mol. The summed E-state index contributed by atoms with van der Waals surface area (Å²) in [6.07, 6.45) is 6.69. The topological polar surface area (TPSA) is 20.2 Å². The molecule has 0 aliphatic rings. The third kappa shape index (κ3) is 2.49. The van der Waals surface area contributed by atoms with Crippen LogP contribution in [0.1, 0.15) is 34.1 Å². The molecule has 1 unspecified atom stereocenters. The lowest BCUT2D eigenvalue weighted by atomic mass is 9.76. The summed E-state index contributed by atoms with van der Waals surface area (Å²) in [5.74, 6) is 0. The van der Waals surface area contributed by atoms with Crippen LogP contribution >= 0.6 is 0 Å². The van der Waals surface area contributed by atoms with Gasteiger partial charge in [-0.1, -0.05) is 39.0 Å². The molecule has 12 heavy (non-hydrogen) atoms. The van der Waals surface area contributed by atoms with Crippen molar-refractivity contribution in [1.82, 2.24) is 0 Å². The normalized spacial score (nSPS) is 17.8. The Morgan fingerprint density at radius 1 is 1.33 bits per heavy atom. The Hall–Kier alpha value is -0.560. The maximum absolute atomic E-state index is 9.91. The molecule has 0 heterocycles. The zero-order valence-corrected chi connectivity index (χ0v) is 8.59. The van der Waals surface area contributed by atoms with Crippen molar-refractivity contribution in [3.05, 3.63) is 24.8 Å². The third-order valence-corrected chi connectivity index (χ3v) is 2.47. The maximum Gasteiger partial charge on any atom is 0.0881 e. The first kappa shape index (κ1) is 11.4. The van der Waals surface area contributed by atoms with Crippen molar-refractivity contribution < 1.29 is 5.11 Å². The van der Waals surface area contributed by atoms with Crippen molar-refractivity contribution in [3.63, 3.8) is 0 Å². The maximum atomic E-state index is 9.91. The van der Waals surface area contributed by atoms with Gasteiger partial charge in [-0.2, -0.15) is 0 Å². The van der Waals surface area contributed by atoms with E-state index in [1.54, 1.807) is 13.0 Å². The fourth-order valence-electron chi connectivity index (χ4n) is 0.844. The number of aliphatic hydroxyl groups is 1. The van der Waals surface area contributed by atoms with Gasteiger partial charge in [0.15, 0.2) is 0 Å². The Kier molecular flexibility index (Phi) is 3.72. The molecule has 70 valence electrons. The van der Waals surface area contributed by atoms with Crippen LogP contribution in [0.2, 0.25) is 0 Å². The summed E-state index contributed by atoms with van der Waals surface area (Å²) in [7, 11) is 0. The second kappa shape index (κ2) is 3.90. The molecule has 0 aliphatic carbocycles. The summed E-state index contributed by atoms with van der Waals surface area (Å²) >= 11 is 0. The van der Waals surface area contributed by atoms with Crippen LogP contribution in [0.15, 0.2) is 24.8 Å². The van der Waals surface area contributed by atoms with Gasteiger partial charge in [0.25, 0.3) is 0 Å². The monoisotopic (exact) mass is 168 g/mol. The average molecular weight is 168 g/mol. The van der Waals surface area contributed by atoms with Gasteiger partial charge >= 0.3 is 0 Å². The molecule has 0 bridgehead atoms. The Balaban J connectivity index is 4.59. The van der Waals surface area contributed by atoms with E-state index in [4.69, 9.17) is 0 Å². The molecular weight excluding hydrogens is 148 g/mol. The molecule has 0 aromatic heterocycles. The van der Waals surface area contributed by atoms with Gasteiger partial charge in [-0.25, -0.2) is 0 Å². The molecule has 0 aromatic carbocycles. The van der Waals surface area contributed by atoms with Crippen LogP contribution in [0.3, 0.4) is 0 Å². The highest BCUT2D eigenvalue weighted by atomic mass is 16.3. The molecule has 0 aromatic rings. The first-order valence-electron chi connectivity index (χ1n) is 4.41. The molecular formula is C11H20O. The first-order chi connectivity index (χ1) is 5.37. The second-order valence-corrected chi connectivity index (χ2v) is 3.88. The Bertz CT molecular complexity index is 175. The van der Waals surface area contributed by atoms with Gasteiger partial charge in [-0.3, -0.25) is 0 Å². The van der Waals surface area contributed by atoms with Gasteiger partial charge in [0, 0.05) is 5.41 Å². The summed E-state index contributed by atoms with van der Waals surface area (Å²) in [5.41, 5.74) is -1.08. The lowest BCUT2D eigenvalue weighted by molar-refractivity contribution is 0.0212. The molecule has 0 saturated carbocycles. The highest BCUT2D eigenvalue weighted by Crippen LogP contribution is 2.32. The van der Waals surface area contributed by atoms with Crippen molar-refractivity contribution in [3.8, 4) is 0 Å². The average Bonchev–Trinajstić information content (AvgIpc) is 2.00. The van der Waals surface area contributed by atoms with Crippen LogP contribution in [0.4, 0.5) is 0 Å². The van der Waals surface area contributed by atoms with Crippen LogP contribution in [0, 0.1) is 5.41 Å². The van der Waals surface area contributed by atoms with E-state index in [9.17, 15) is 5.11 Å². The first-order valence-corrected chi connectivity index (χ1v) is 4.41. The van der Waals surface area contributed by atoms with E-state index >= 15 is 0 Å². The van der Waals surface area contributed by atoms with E-state index in [0.717, 1.165) is 6.42 Å². The van der Waals surface area contributed by atoms with E-state index in [-0.39, 0.29) is 5.41 Å².